The molecule has 2 aromatic carbocycles. The molecule has 8 nitrogen and oxygen atoms in total. The van der Waals surface area contributed by atoms with Gasteiger partial charge in [0, 0.05) is 36.7 Å². The molecule has 1 fully saturated rings. The zero-order valence-corrected chi connectivity index (χ0v) is 16.6. The summed E-state index contributed by atoms with van der Waals surface area (Å²) in [5.74, 6) is 0.226. The molecule has 4 rings (SSSR count). The number of carbonyl (C=O) groups is 1. The highest BCUT2D eigenvalue weighted by atomic mass is 32.2. The number of nitrogens with zero attached hydrogens (tertiary/aromatic N) is 2. The van der Waals surface area contributed by atoms with Crippen LogP contribution in [0.1, 0.15) is 21.8 Å². The fourth-order valence-corrected chi connectivity index (χ4v) is 4.35. The second kappa shape index (κ2) is 7.41. The minimum absolute atomic E-state index is 0.0365. The minimum atomic E-state index is -3.23. The molecule has 29 heavy (non-hydrogen) atoms. The van der Waals surface area contributed by atoms with Gasteiger partial charge in [-0.15, -0.1) is 0 Å². The topological polar surface area (TPSA) is 127 Å². The van der Waals surface area contributed by atoms with Crippen LogP contribution in [-0.2, 0) is 9.84 Å². The summed E-state index contributed by atoms with van der Waals surface area (Å²) < 4.78 is 23.4. The Morgan fingerprint density at radius 3 is 2.59 bits per heavy atom. The number of fused-ring (bicyclic) bond motifs is 1. The molecule has 1 aliphatic heterocycles. The maximum absolute atomic E-state index is 11.7. The van der Waals surface area contributed by atoms with E-state index in [2.05, 4.69) is 20.6 Å². The van der Waals surface area contributed by atoms with Gasteiger partial charge in [-0.3, -0.25) is 4.79 Å². The first kappa shape index (κ1) is 19.3. The van der Waals surface area contributed by atoms with Crippen LogP contribution in [0.3, 0.4) is 0 Å². The lowest BCUT2D eigenvalue weighted by Crippen LogP contribution is -2.27. The highest BCUT2D eigenvalue weighted by Gasteiger charge is 2.29. The molecule has 9 heteroatoms. The van der Waals surface area contributed by atoms with Gasteiger partial charge in [0.2, 0.25) is 0 Å². The molecular formula is C20H21N5O3S. The summed E-state index contributed by atoms with van der Waals surface area (Å²) >= 11 is 0. The van der Waals surface area contributed by atoms with Gasteiger partial charge in [0.25, 0.3) is 5.91 Å². The maximum atomic E-state index is 11.7. The number of anilines is 1. The van der Waals surface area contributed by atoms with Gasteiger partial charge >= 0.3 is 0 Å². The Balaban J connectivity index is 1.64. The van der Waals surface area contributed by atoms with Crippen LogP contribution in [-0.4, -0.2) is 49.7 Å². The van der Waals surface area contributed by atoms with Crippen molar-refractivity contribution in [3.63, 3.8) is 0 Å². The lowest BCUT2D eigenvalue weighted by molar-refractivity contribution is 0.100. The number of primary amides is 1. The van der Waals surface area contributed by atoms with Crippen molar-refractivity contribution < 1.29 is 13.2 Å². The fourth-order valence-electron chi connectivity index (χ4n) is 3.72. The Kier molecular flexibility index (Phi) is 4.93. The van der Waals surface area contributed by atoms with E-state index in [1.807, 2.05) is 18.2 Å². The van der Waals surface area contributed by atoms with Crippen LogP contribution in [0.4, 0.5) is 5.82 Å². The van der Waals surface area contributed by atoms with Crippen molar-refractivity contribution in [2.75, 3.05) is 24.7 Å². The SMILES string of the molecule is CS(=O)(=O)c1ccc([C@H]2CNC[C@@H]2Nc2ncnc3c(C(N)=O)cccc23)cc1. The van der Waals surface area contributed by atoms with E-state index >= 15 is 0 Å². The average molecular weight is 411 g/mol. The van der Waals surface area contributed by atoms with Crippen molar-refractivity contribution in [1.82, 2.24) is 15.3 Å². The Labute approximate surface area is 168 Å². The van der Waals surface area contributed by atoms with Crippen LogP contribution in [0.15, 0.2) is 53.7 Å². The number of rotatable bonds is 5. The summed E-state index contributed by atoms with van der Waals surface area (Å²) in [5.41, 5.74) is 7.36. The van der Waals surface area contributed by atoms with Crippen molar-refractivity contribution in [2.24, 2.45) is 5.73 Å². The monoisotopic (exact) mass is 411 g/mol. The molecule has 2 heterocycles. The number of amides is 1. The number of hydrogen-bond donors (Lipinski definition) is 3. The first-order valence-corrected chi connectivity index (χ1v) is 11.0. The zero-order chi connectivity index (χ0) is 20.6. The van der Waals surface area contributed by atoms with Crippen LogP contribution in [0, 0.1) is 0 Å². The Hall–Kier alpha value is -3.04. The van der Waals surface area contributed by atoms with Crippen molar-refractivity contribution >= 4 is 32.5 Å². The maximum Gasteiger partial charge on any atom is 0.250 e. The standard InChI is InChI=1S/C20H21N5O3S/c1-29(27,28)13-7-5-12(6-8-13)16-9-22-10-17(16)25-20-15-4-2-3-14(19(21)26)18(15)23-11-24-20/h2-8,11,16-17,22H,9-10H2,1H3,(H2,21,26)(H,23,24,25)/t16-,17+/m1/s1. The van der Waals surface area contributed by atoms with E-state index in [1.165, 1.54) is 12.6 Å². The summed E-state index contributed by atoms with van der Waals surface area (Å²) in [5, 5.41) is 7.55. The second-order valence-electron chi connectivity index (χ2n) is 7.15. The third kappa shape index (κ3) is 3.79. The highest BCUT2D eigenvalue weighted by molar-refractivity contribution is 7.90. The lowest BCUT2D eigenvalue weighted by atomic mass is 9.94. The smallest absolute Gasteiger partial charge is 0.250 e. The first-order chi connectivity index (χ1) is 13.8. The Morgan fingerprint density at radius 1 is 1.14 bits per heavy atom. The Bertz CT molecular complexity index is 1180. The van der Waals surface area contributed by atoms with Gasteiger partial charge in [0.15, 0.2) is 9.84 Å². The second-order valence-corrected chi connectivity index (χ2v) is 9.16. The van der Waals surface area contributed by atoms with Crippen molar-refractivity contribution in [3.8, 4) is 0 Å². The minimum Gasteiger partial charge on any atom is -0.366 e. The van der Waals surface area contributed by atoms with E-state index in [0.29, 0.717) is 21.8 Å². The number of nitrogens with one attached hydrogen (secondary N) is 2. The quantitative estimate of drug-likeness (QED) is 0.577. The molecule has 3 aromatic rings. The van der Waals surface area contributed by atoms with E-state index < -0.39 is 15.7 Å². The van der Waals surface area contributed by atoms with Gasteiger partial charge < -0.3 is 16.4 Å². The predicted octanol–water partition coefficient (Wildman–Crippen LogP) is 1.30. The van der Waals surface area contributed by atoms with Gasteiger partial charge in [-0.2, -0.15) is 0 Å². The van der Waals surface area contributed by atoms with Crippen molar-refractivity contribution in [3.05, 3.63) is 59.9 Å². The number of benzene rings is 2. The van der Waals surface area contributed by atoms with Crippen LogP contribution < -0.4 is 16.4 Å². The molecule has 0 spiro atoms. The van der Waals surface area contributed by atoms with E-state index in [-0.39, 0.29) is 12.0 Å². The number of nitrogens with two attached hydrogens (primary N) is 1. The van der Waals surface area contributed by atoms with Crippen LogP contribution in [0.5, 0.6) is 0 Å². The van der Waals surface area contributed by atoms with Crippen molar-refractivity contribution in [1.29, 1.82) is 0 Å². The van der Waals surface area contributed by atoms with Gasteiger partial charge in [0.1, 0.15) is 12.1 Å². The molecule has 1 amide bonds. The van der Waals surface area contributed by atoms with E-state index in [4.69, 9.17) is 5.73 Å². The predicted molar refractivity (Wildman–Crippen MR) is 111 cm³/mol. The Morgan fingerprint density at radius 2 is 1.90 bits per heavy atom. The highest BCUT2D eigenvalue weighted by Crippen LogP contribution is 2.29. The van der Waals surface area contributed by atoms with E-state index in [1.54, 1.807) is 24.3 Å². The largest absolute Gasteiger partial charge is 0.366 e. The van der Waals surface area contributed by atoms with Gasteiger partial charge in [-0.25, -0.2) is 18.4 Å². The normalized spacial score (nSPS) is 19.3. The first-order valence-electron chi connectivity index (χ1n) is 9.15. The molecule has 1 saturated heterocycles. The van der Waals surface area contributed by atoms with Gasteiger partial charge in [0.05, 0.1) is 16.0 Å². The number of sulfone groups is 1. The molecular weight excluding hydrogens is 390 g/mol. The van der Waals surface area contributed by atoms with E-state index in [0.717, 1.165) is 24.0 Å². The summed E-state index contributed by atoms with van der Waals surface area (Å²) in [6.07, 6.45) is 2.61. The van der Waals surface area contributed by atoms with Gasteiger partial charge in [-0.05, 0) is 29.8 Å². The summed E-state index contributed by atoms with van der Waals surface area (Å²) in [6, 6.07) is 12.3. The summed E-state index contributed by atoms with van der Waals surface area (Å²) in [6.45, 7) is 1.48. The third-order valence-corrected chi connectivity index (χ3v) is 6.33. The third-order valence-electron chi connectivity index (χ3n) is 5.20. The molecule has 0 radical (unpaired) electrons. The number of aromatic nitrogens is 2. The van der Waals surface area contributed by atoms with Crippen LogP contribution in [0.25, 0.3) is 10.9 Å². The molecule has 2 atom stereocenters. The zero-order valence-electron chi connectivity index (χ0n) is 15.8. The van der Waals surface area contributed by atoms with Gasteiger partial charge in [-0.1, -0.05) is 18.2 Å². The molecule has 4 N–H and O–H groups in total. The average Bonchev–Trinajstić information content (AvgIpc) is 3.15. The molecule has 1 aliphatic rings. The number of carbonyl (C=O) groups excluding carboxylic acids is 1. The molecule has 150 valence electrons. The summed E-state index contributed by atoms with van der Waals surface area (Å²) in [4.78, 5) is 20.6. The molecule has 0 aliphatic carbocycles. The summed E-state index contributed by atoms with van der Waals surface area (Å²) in [7, 11) is -3.23. The molecule has 0 unspecified atom stereocenters. The molecule has 0 saturated carbocycles. The number of para-hydroxylation sites is 1. The van der Waals surface area contributed by atoms with E-state index in [9.17, 15) is 13.2 Å². The number of hydrogen-bond acceptors (Lipinski definition) is 7. The lowest BCUT2D eigenvalue weighted by Gasteiger charge is -2.22. The molecule has 1 aromatic heterocycles. The van der Waals surface area contributed by atoms with Crippen LogP contribution in [0.2, 0.25) is 0 Å². The molecule has 0 bridgehead atoms. The van der Waals surface area contributed by atoms with Crippen molar-refractivity contribution in [2.45, 2.75) is 16.9 Å². The van der Waals surface area contributed by atoms with Crippen LogP contribution >= 0.6 is 0 Å². The fraction of sp³-hybridized carbons (Fsp3) is 0.250.